The number of hydrogen-bond donors (Lipinski definition) is 1. The molecule has 0 saturated carbocycles. The fourth-order valence-electron chi connectivity index (χ4n) is 1.34. The predicted molar refractivity (Wildman–Crippen MR) is 55.6 cm³/mol. The first-order chi connectivity index (χ1) is 5.91. The Hall–Kier alpha value is -0.820. The van der Waals surface area contributed by atoms with Crippen LogP contribution in [0.1, 0.15) is 38.0 Å². The predicted octanol–water partition coefficient (Wildman–Crippen LogP) is 3.07. The molecule has 1 nitrogen and oxygen atoms in total. The highest BCUT2D eigenvalue weighted by molar-refractivity contribution is 5.24. The van der Waals surface area contributed by atoms with E-state index in [0.717, 1.165) is 5.56 Å². The van der Waals surface area contributed by atoms with E-state index in [-0.39, 0.29) is 11.5 Å². The SMILES string of the molecule is Cc1cccc(C(O)C(C)(C)C)c1. The van der Waals surface area contributed by atoms with Crippen LogP contribution in [0.2, 0.25) is 0 Å². The second-order valence-corrected chi connectivity index (χ2v) is 4.68. The quantitative estimate of drug-likeness (QED) is 0.700. The van der Waals surface area contributed by atoms with Crippen LogP contribution in [0.25, 0.3) is 0 Å². The molecule has 72 valence electrons. The van der Waals surface area contributed by atoms with Gasteiger partial charge in [0.1, 0.15) is 0 Å². The molecule has 1 atom stereocenters. The van der Waals surface area contributed by atoms with Gasteiger partial charge in [-0.15, -0.1) is 0 Å². The van der Waals surface area contributed by atoms with Crippen LogP contribution in [0, 0.1) is 12.3 Å². The largest absolute Gasteiger partial charge is 0.388 e. The summed E-state index contributed by atoms with van der Waals surface area (Å²) in [7, 11) is 0. The summed E-state index contributed by atoms with van der Waals surface area (Å²) < 4.78 is 0. The molecule has 0 radical (unpaired) electrons. The molecule has 0 aromatic heterocycles. The maximum absolute atomic E-state index is 9.98. The summed E-state index contributed by atoms with van der Waals surface area (Å²) in [5.74, 6) is 0. The maximum atomic E-state index is 9.98. The number of aryl methyl sites for hydroxylation is 1. The first-order valence-electron chi connectivity index (χ1n) is 4.66. The summed E-state index contributed by atoms with van der Waals surface area (Å²) in [5, 5.41) is 9.98. The summed E-state index contributed by atoms with van der Waals surface area (Å²) in [4.78, 5) is 0. The van der Waals surface area contributed by atoms with E-state index >= 15 is 0 Å². The minimum absolute atomic E-state index is 0.0895. The van der Waals surface area contributed by atoms with E-state index < -0.39 is 0 Å². The summed E-state index contributed by atoms with van der Waals surface area (Å²) >= 11 is 0. The Kier molecular flexibility index (Phi) is 2.77. The highest BCUT2D eigenvalue weighted by Gasteiger charge is 2.23. The van der Waals surface area contributed by atoms with Gasteiger partial charge in [0.25, 0.3) is 0 Å². The highest BCUT2D eigenvalue weighted by atomic mass is 16.3. The third-order valence-electron chi connectivity index (χ3n) is 2.18. The fourth-order valence-corrected chi connectivity index (χ4v) is 1.34. The van der Waals surface area contributed by atoms with Crippen LogP contribution in [0.5, 0.6) is 0 Å². The second-order valence-electron chi connectivity index (χ2n) is 4.68. The van der Waals surface area contributed by atoms with Crippen LogP contribution in [0.3, 0.4) is 0 Å². The molecule has 0 amide bonds. The Morgan fingerprint density at radius 2 is 1.85 bits per heavy atom. The average Bonchev–Trinajstić information content (AvgIpc) is 2.01. The molecular weight excluding hydrogens is 160 g/mol. The molecule has 0 aliphatic heterocycles. The molecule has 0 fully saturated rings. The number of aliphatic hydroxyl groups is 1. The Labute approximate surface area is 80.4 Å². The number of aliphatic hydroxyl groups excluding tert-OH is 1. The molecule has 0 aliphatic carbocycles. The normalized spacial score (nSPS) is 14.2. The smallest absolute Gasteiger partial charge is 0.0838 e. The lowest BCUT2D eigenvalue weighted by Crippen LogP contribution is -2.17. The first kappa shape index (κ1) is 10.3. The second kappa shape index (κ2) is 3.51. The van der Waals surface area contributed by atoms with Crippen molar-refractivity contribution in [2.45, 2.75) is 33.8 Å². The zero-order valence-corrected chi connectivity index (χ0v) is 8.83. The van der Waals surface area contributed by atoms with Crippen molar-refractivity contribution in [3.63, 3.8) is 0 Å². The molecule has 1 aromatic carbocycles. The molecule has 1 heteroatoms. The van der Waals surface area contributed by atoms with Gasteiger partial charge >= 0.3 is 0 Å². The summed E-state index contributed by atoms with van der Waals surface area (Å²) in [5.41, 5.74) is 2.11. The van der Waals surface area contributed by atoms with Gasteiger partial charge in [-0.1, -0.05) is 50.6 Å². The van der Waals surface area contributed by atoms with E-state index in [1.165, 1.54) is 5.56 Å². The van der Waals surface area contributed by atoms with Crippen LogP contribution >= 0.6 is 0 Å². The standard InChI is InChI=1S/C12H18O/c1-9-6-5-7-10(8-9)11(13)12(2,3)4/h5-8,11,13H,1-4H3. The molecule has 1 aromatic rings. The summed E-state index contributed by atoms with van der Waals surface area (Å²) in [6, 6.07) is 8.04. The Balaban J connectivity index is 2.96. The van der Waals surface area contributed by atoms with Crippen molar-refractivity contribution >= 4 is 0 Å². The molecule has 0 bridgehead atoms. The molecule has 0 spiro atoms. The third-order valence-corrected chi connectivity index (χ3v) is 2.18. The Bertz CT molecular complexity index is 283. The minimum Gasteiger partial charge on any atom is -0.388 e. The van der Waals surface area contributed by atoms with Gasteiger partial charge in [-0.05, 0) is 17.9 Å². The molecule has 1 unspecified atom stereocenters. The zero-order chi connectivity index (χ0) is 10.1. The topological polar surface area (TPSA) is 20.2 Å². The first-order valence-corrected chi connectivity index (χ1v) is 4.66. The average molecular weight is 178 g/mol. The lowest BCUT2D eigenvalue weighted by atomic mass is 9.84. The fraction of sp³-hybridized carbons (Fsp3) is 0.500. The highest BCUT2D eigenvalue weighted by Crippen LogP contribution is 2.32. The number of rotatable bonds is 1. The van der Waals surface area contributed by atoms with E-state index in [1.54, 1.807) is 0 Å². The minimum atomic E-state index is -0.382. The third kappa shape index (κ3) is 2.56. The van der Waals surface area contributed by atoms with Crippen molar-refractivity contribution in [1.82, 2.24) is 0 Å². The van der Waals surface area contributed by atoms with E-state index in [1.807, 2.05) is 52.0 Å². The van der Waals surface area contributed by atoms with Gasteiger partial charge in [-0.2, -0.15) is 0 Å². The van der Waals surface area contributed by atoms with Crippen molar-refractivity contribution < 1.29 is 5.11 Å². The van der Waals surface area contributed by atoms with Crippen LogP contribution < -0.4 is 0 Å². The molecule has 1 rings (SSSR count). The van der Waals surface area contributed by atoms with E-state index in [0.29, 0.717) is 0 Å². The Morgan fingerprint density at radius 1 is 1.23 bits per heavy atom. The molecule has 0 heterocycles. The van der Waals surface area contributed by atoms with Crippen molar-refractivity contribution in [2.75, 3.05) is 0 Å². The summed E-state index contributed by atoms with van der Waals surface area (Å²) in [6.07, 6.45) is -0.382. The molecule has 0 aliphatic rings. The zero-order valence-electron chi connectivity index (χ0n) is 8.83. The van der Waals surface area contributed by atoms with Gasteiger partial charge in [-0.25, -0.2) is 0 Å². The van der Waals surface area contributed by atoms with E-state index in [9.17, 15) is 5.11 Å². The molecular formula is C12H18O. The Morgan fingerprint density at radius 3 is 2.31 bits per heavy atom. The lowest BCUT2D eigenvalue weighted by Gasteiger charge is -2.26. The van der Waals surface area contributed by atoms with Gasteiger partial charge in [0.05, 0.1) is 6.10 Å². The van der Waals surface area contributed by atoms with Gasteiger partial charge in [-0.3, -0.25) is 0 Å². The van der Waals surface area contributed by atoms with Crippen molar-refractivity contribution in [3.05, 3.63) is 35.4 Å². The maximum Gasteiger partial charge on any atom is 0.0838 e. The van der Waals surface area contributed by atoms with Gasteiger partial charge in [0.2, 0.25) is 0 Å². The van der Waals surface area contributed by atoms with Gasteiger partial charge < -0.3 is 5.11 Å². The molecule has 0 saturated heterocycles. The van der Waals surface area contributed by atoms with Gasteiger partial charge in [0.15, 0.2) is 0 Å². The van der Waals surface area contributed by atoms with Crippen LogP contribution in [-0.4, -0.2) is 5.11 Å². The monoisotopic (exact) mass is 178 g/mol. The van der Waals surface area contributed by atoms with Crippen molar-refractivity contribution in [2.24, 2.45) is 5.41 Å². The summed E-state index contributed by atoms with van der Waals surface area (Å²) in [6.45, 7) is 8.17. The number of benzene rings is 1. The van der Waals surface area contributed by atoms with Crippen molar-refractivity contribution in [1.29, 1.82) is 0 Å². The molecule has 13 heavy (non-hydrogen) atoms. The lowest BCUT2D eigenvalue weighted by molar-refractivity contribution is 0.0626. The van der Waals surface area contributed by atoms with E-state index in [2.05, 4.69) is 0 Å². The van der Waals surface area contributed by atoms with Gasteiger partial charge in [0, 0.05) is 0 Å². The number of hydrogen-bond acceptors (Lipinski definition) is 1. The van der Waals surface area contributed by atoms with Crippen LogP contribution in [0.15, 0.2) is 24.3 Å². The van der Waals surface area contributed by atoms with Crippen molar-refractivity contribution in [3.8, 4) is 0 Å². The van der Waals surface area contributed by atoms with Crippen LogP contribution in [0.4, 0.5) is 0 Å². The van der Waals surface area contributed by atoms with E-state index in [4.69, 9.17) is 0 Å². The van der Waals surface area contributed by atoms with Crippen LogP contribution in [-0.2, 0) is 0 Å². The molecule has 1 N–H and O–H groups in total.